The Bertz CT molecular complexity index is 701. The zero-order valence-corrected chi connectivity index (χ0v) is 15.6. The van der Waals surface area contributed by atoms with Crippen LogP contribution in [0.2, 0.25) is 0 Å². The SMILES string of the molecule is Cl.Fc1ccc(OC2CCN(CC3CCOc4ccccc43)CC2)cc1. The van der Waals surface area contributed by atoms with Crippen molar-refractivity contribution < 1.29 is 13.9 Å². The van der Waals surface area contributed by atoms with Gasteiger partial charge in [0.1, 0.15) is 23.4 Å². The number of para-hydroxylation sites is 1. The van der Waals surface area contributed by atoms with Crippen molar-refractivity contribution in [3.63, 3.8) is 0 Å². The van der Waals surface area contributed by atoms with Crippen LogP contribution in [0.1, 0.15) is 30.7 Å². The van der Waals surface area contributed by atoms with Crippen molar-refractivity contribution in [2.24, 2.45) is 0 Å². The predicted molar refractivity (Wildman–Crippen MR) is 103 cm³/mol. The molecule has 0 bridgehead atoms. The van der Waals surface area contributed by atoms with E-state index in [1.54, 1.807) is 12.1 Å². The maximum absolute atomic E-state index is 13.0. The molecule has 0 radical (unpaired) electrons. The van der Waals surface area contributed by atoms with Gasteiger partial charge in [-0.05, 0) is 55.2 Å². The van der Waals surface area contributed by atoms with E-state index in [0.29, 0.717) is 5.92 Å². The summed E-state index contributed by atoms with van der Waals surface area (Å²) in [4.78, 5) is 2.54. The second-order valence-corrected chi connectivity index (χ2v) is 6.94. The minimum atomic E-state index is -0.223. The topological polar surface area (TPSA) is 21.7 Å². The smallest absolute Gasteiger partial charge is 0.123 e. The molecule has 0 amide bonds. The summed E-state index contributed by atoms with van der Waals surface area (Å²) in [5.74, 6) is 2.14. The Morgan fingerprint density at radius 2 is 1.73 bits per heavy atom. The number of halogens is 2. The highest BCUT2D eigenvalue weighted by Gasteiger charge is 2.26. The van der Waals surface area contributed by atoms with E-state index in [9.17, 15) is 4.39 Å². The van der Waals surface area contributed by atoms with E-state index in [4.69, 9.17) is 9.47 Å². The highest BCUT2D eigenvalue weighted by Crippen LogP contribution is 2.34. The molecule has 1 saturated heterocycles. The summed E-state index contributed by atoms with van der Waals surface area (Å²) in [5.41, 5.74) is 1.35. The van der Waals surface area contributed by atoms with Crippen molar-refractivity contribution in [1.29, 1.82) is 0 Å². The fraction of sp³-hybridized carbons (Fsp3) is 0.429. The highest BCUT2D eigenvalue weighted by atomic mass is 35.5. The summed E-state index contributed by atoms with van der Waals surface area (Å²) < 4.78 is 24.7. The van der Waals surface area contributed by atoms with Crippen molar-refractivity contribution in [2.45, 2.75) is 31.3 Å². The molecule has 2 heterocycles. The molecule has 4 rings (SSSR count). The van der Waals surface area contributed by atoms with Crippen LogP contribution in [-0.4, -0.2) is 37.2 Å². The molecule has 26 heavy (non-hydrogen) atoms. The summed E-state index contributed by atoms with van der Waals surface area (Å²) in [7, 11) is 0. The fourth-order valence-corrected chi connectivity index (χ4v) is 3.83. The van der Waals surface area contributed by atoms with E-state index >= 15 is 0 Å². The van der Waals surface area contributed by atoms with Crippen LogP contribution >= 0.6 is 12.4 Å². The number of hydrogen-bond donors (Lipinski definition) is 0. The van der Waals surface area contributed by atoms with Crippen LogP contribution < -0.4 is 9.47 Å². The normalized spacial score (nSPS) is 20.6. The van der Waals surface area contributed by atoms with Gasteiger partial charge in [0.25, 0.3) is 0 Å². The minimum absolute atomic E-state index is 0. The lowest BCUT2D eigenvalue weighted by molar-refractivity contribution is 0.0932. The van der Waals surface area contributed by atoms with Crippen molar-refractivity contribution in [3.05, 3.63) is 59.9 Å². The van der Waals surface area contributed by atoms with Gasteiger partial charge in [-0.3, -0.25) is 0 Å². The van der Waals surface area contributed by atoms with E-state index < -0.39 is 0 Å². The van der Waals surface area contributed by atoms with Crippen LogP contribution in [0.4, 0.5) is 4.39 Å². The average molecular weight is 378 g/mol. The Kier molecular flexibility index (Phi) is 6.38. The third-order valence-corrected chi connectivity index (χ3v) is 5.21. The number of rotatable bonds is 4. The molecule has 2 aliphatic heterocycles. The number of fused-ring (bicyclic) bond motifs is 1. The van der Waals surface area contributed by atoms with Gasteiger partial charge in [0.2, 0.25) is 0 Å². The fourth-order valence-electron chi connectivity index (χ4n) is 3.83. The van der Waals surface area contributed by atoms with Gasteiger partial charge in [0.15, 0.2) is 0 Å². The van der Waals surface area contributed by atoms with Crippen LogP contribution in [0.15, 0.2) is 48.5 Å². The molecular weight excluding hydrogens is 353 g/mol. The third kappa shape index (κ3) is 4.49. The number of ether oxygens (including phenoxy) is 2. The largest absolute Gasteiger partial charge is 0.493 e. The second-order valence-electron chi connectivity index (χ2n) is 6.94. The third-order valence-electron chi connectivity index (χ3n) is 5.21. The maximum atomic E-state index is 13.0. The number of likely N-dealkylation sites (tertiary alicyclic amines) is 1. The summed E-state index contributed by atoms with van der Waals surface area (Å²) in [6.07, 6.45) is 3.34. The Hall–Kier alpha value is -1.78. The Balaban J connectivity index is 0.00000196. The summed E-state index contributed by atoms with van der Waals surface area (Å²) in [5, 5.41) is 0. The molecule has 0 spiro atoms. The van der Waals surface area contributed by atoms with E-state index in [-0.39, 0.29) is 24.3 Å². The van der Waals surface area contributed by atoms with Gasteiger partial charge in [-0.15, -0.1) is 12.4 Å². The molecule has 2 aromatic rings. The molecule has 1 fully saturated rings. The molecule has 140 valence electrons. The van der Waals surface area contributed by atoms with Crippen molar-refractivity contribution in [1.82, 2.24) is 4.90 Å². The van der Waals surface area contributed by atoms with E-state index in [0.717, 1.165) is 57.0 Å². The molecule has 2 aromatic carbocycles. The molecule has 3 nitrogen and oxygen atoms in total. The molecule has 1 unspecified atom stereocenters. The monoisotopic (exact) mass is 377 g/mol. The van der Waals surface area contributed by atoms with Crippen LogP contribution in [0.5, 0.6) is 11.5 Å². The Morgan fingerprint density at radius 1 is 1.00 bits per heavy atom. The Labute approximate surface area is 160 Å². The lowest BCUT2D eigenvalue weighted by Gasteiger charge is -2.36. The first kappa shape index (κ1) is 19.0. The van der Waals surface area contributed by atoms with Gasteiger partial charge in [0, 0.05) is 25.6 Å². The lowest BCUT2D eigenvalue weighted by atomic mass is 9.92. The van der Waals surface area contributed by atoms with E-state index in [1.807, 2.05) is 6.07 Å². The van der Waals surface area contributed by atoms with E-state index in [2.05, 4.69) is 23.1 Å². The minimum Gasteiger partial charge on any atom is -0.493 e. The molecule has 0 aliphatic carbocycles. The first-order valence-corrected chi connectivity index (χ1v) is 9.14. The van der Waals surface area contributed by atoms with Crippen LogP contribution in [0.3, 0.4) is 0 Å². The number of nitrogens with zero attached hydrogens (tertiary/aromatic N) is 1. The van der Waals surface area contributed by atoms with Crippen LogP contribution in [-0.2, 0) is 0 Å². The standard InChI is InChI=1S/C21H24FNO2.ClH/c22-17-5-7-18(8-6-17)25-19-9-12-23(13-10-19)15-16-11-14-24-21-4-2-1-3-20(16)21;/h1-8,16,19H,9-15H2;1H. The van der Waals surface area contributed by atoms with Crippen molar-refractivity contribution >= 4 is 12.4 Å². The van der Waals surface area contributed by atoms with Gasteiger partial charge in [-0.1, -0.05) is 18.2 Å². The molecule has 0 saturated carbocycles. The van der Waals surface area contributed by atoms with Crippen LogP contribution in [0, 0.1) is 5.82 Å². The average Bonchev–Trinajstić information content (AvgIpc) is 2.65. The van der Waals surface area contributed by atoms with Gasteiger partial charge in [-0.2, -0.15) is 0 Å². The molecule has 2 aliphatic rings. The lowest BCUT2D eigenvalue weighted by Crippen LogP contribution is -2.40. The van der Waals surface area contributed by atoms with Gasteiger partial charge in [-0.25, -0.2) is 4.39 Å². The molecular formula is C21H25ClFNO2. The zero-order chi connectivity index (χ0) is 17.1. The second kappa shape index (κ2) is 8.74. The number of benzene rings is 2. The van der Waals surface area contributed by atoms with Crippen molar-refractivity contribution in [2.75, 3.05) is 26.2 Å². The maximum Gasteiger partial charge on any atom is 0.123 e. The van der Waals surface area contributed by atoms with Gasteiger partial charge < -0.3 is 14.4 Å². The first-order valence-electron chi connectivity index (χ1n) is 9.14. The number of piperidine rings is 1. The molecule has 5 heteroatoms. The molecule has 1 atom stereocenters. The number of hydrogen-bond acceptors (Lipinski definition) is 3. The van der Waals surface area contributed by atoms with Crippen molar-refractivity contribution in [3.8, 4) is 11.5 Å². The summed E-state index contributed by atoms with van der Waals surface area (Å²) >= 11 is 0. The molecule has 0 N–H and O–H groups in total. The Morgan fingerprint density at radius 3 is 2.50 bits per heavy atom. The van der Waals surface area contributed by atoms with E-state index in [1.165, 1.54) is 17.7 Å². The zero-order valence-electron chi connectivity index (χ0n) is 14.8. The van der Waals surface area contributed by atoms with Gasteiger partial charge >= 0.3 is 0 Å². The summed E-state index contributed by atoms with van der Waals surface area (Å²) in [6.45, 7) is 3.99. The highest BCUT2D eigenvalue weighted by molar-refractivity contribution is 5.85. The first-order chi connectivity index (χ1) is 12.3. The van der Waals surface area contributed by atoms with Crippen LogP contribution in [0.25, 0.3) is 0 Å². The molecule has 0 aromatic heterocycles. The summed E-state index contributed by atoms with van der Waals surface area (Å²) in [6, 6.07) is 14.7. The quantitative estimate of drug-likeness (QED) is 0.773. The predicted octanol–water partition coefficient (Wildman–Crippen LogP) is 4.66. The van der Waals surface area contributed by atoms with Gasteiger partial charge in [0.05, 0.1) is 6.61 Å².